The van der Waals surface area contributed by atoms with Crippen LogP contribution in [0.4, 0.5) is 17.2 Å². The standard InChI is InChI=1S/C14H14N4O/c19-14-8-18(12-4-2-1-3-10(12)15-14)13-7-11(16-17-13)9-5-6-9/h1-4,7,9H,5-6,8H2,(H,15,19)(H,16,17). The molecule has 1 aliphatic carbocycles. The van der Waals surface area contributed by atoms with Gasteiger partial charge in [0.1, 0.15) is 12.4 Å². The smallest absolute Gasteiger partial charge is 0.244 e. The Morgan fingerprint density at radius 3 is 2.95 bits per heavy atom. The highest BCUT2D eigenvalue weighted by molar-refractivity contribution is 6.02. The van der Waals surface area contributed by atoms with Crippen molar-refractivity contribution < 1.29 is 4.79 Å². The lowest BCUT2D eigenvalue weighted by molar-refractivity contribution is -0.115. The predicted octanol–water partition coefficient (Wildman–Crippen LogP) is 2.38. The van der Waals surface area contributed by atoms with E-state index in [9.17, 15) is 4.79 Å². The molecule has 0 radical (unpaired) electrons. The van der Waals surface area contributed by atoms with Gasteiger partial charge >= 0.3 is 0 Å². The summed E-state index contributed by atoms with van der Waals surface area (Å²) in [5, 5.41) is 10.3. The van der Waals surface area contributed by atoms with E-state index in [1.54, 1.807) is 0 Å². The van der Waals surface area contributed by atoms with Crippen LogP contribution in [0.3, 0.4) is 0 Å². The van der Waals surface area contributed by atoms with Gasteiger partial charge in [-0.05, 0) is 25.0 Å². The zero-order valence-electron chi connectivity index (χ0n) is 10.4. The van der Waals surface area contributed by atoms with Crippen LogP contribution in [0.2, 0.25) is 0 Å². The first-order chi connectivity index (χ1) is 9.31. The summed E-state index contributed by atoms with van der Waals surface area (Å²) in [6, 6.07) is 9.88. The van der Waals surface area contributed by atoms with Crippen LogP contribution < -0.4 is 10.2 Å². The van der Waals surface area contributed by atoms with Gasteiger partial charge in [-0.25, -0.2) is 0 Å². The summed E-state index contributed by atoms with van der Waals surface area (Å²) in [6.45, 7) is 0.323. The Balaban J connectivity index is 1.75. The number of fused-ring (bicyclic) bond motifs is 1. The second kappa shape index (κ2) is 3.85. The number of nitrogens with one attached hydrogen (secondary N) is 2. The predicted molar refractivity (Wildman–Crippen MR) is 72.6 cm³/mol. The van der Waals surface area contributed by atoms with Crippen LogP contribution in [-0.4, -0.2) is 22.6 Å². The van der Waals surface area contributed by atoms with Crippen molar-refractivity contribution in [1.29, 1.82) is 0 Å². The molecule has 0 atom stereocenters. The van der Waals surface area contributed by atoms with E-state index in [1.165, 1.54) is 12.8 Å². The molecular formula is C14H14N4O. The second-order valence-electron chi connectivity index (χ2n) is 5.10. The molecule has 5 heteroatoms. The molecule has 1 aromatic carbocycles. The van der Waals surface area contributed by atoms with Gasteiger partial charge in [0.25, 0.3) is 0 Å². The van der Waals surface area contributed by atoms with Crippen LogP contribution in [0.25, 0.3) is 0 Å². The fourth-order valence-corrected chi connectivity index (χ4v) is 2.50. The average Bonchev–Trinajstić information content (AvgIpc) is 3.16. The number of para-hydroxylation sites is 2. The first-order valence-corrected chi connectivity index (χ1v) is 6.53. The number of hydrogen-bond acceptors (Lipinski definition) is 3. The molecule has 2 heterocycles. The van der Waals surface area contributed by atoms with Crippen LogP contribution >= 0.6 is 0 Å². The molecular weight excluding hydrogens is 240 g/mol. The Morgan fingerprint density at radius 1 is 1.26 bits per heavy atom. The number of benzene rings is 1. The Hall–Kier alpha value is -2.30. The molecule has 1 saturated carbocycles. The molecule has 1 aromatic heterocycles. The monoisotopic (exact) mass is 254 g/mol. The van der Waals surface area contributed by atoms with Crippen LogP contribution in [0, 0.1) is 0 Å². The van der Waals surface area contributed by atoms with Crippen molar-refractivity contribution in [3.05, 3.63) is 36.0 Å². The van der Waals surface area contributed by atoms with Gasteiger partial charge in [-0.15, -0.1) is 0 Å². The molecule has 2 N–H and O–H groups in total. The lowest BCUT2D eigenvalue weighted by atomic mass is 10.2. The maximum Gasteiger partial charge on any atom is 0.244 e. The number of H-pyrrole nitrogens is 1. The number of aromatic nitrogens is 2. The van der Waals surface area contributed by atoms with Crippen LogP contribution in [0.15, 0.2) is 30.3 Å². The summed E-state index contributed by atoms with van der Waals surface area (Å²) in [5.74, 6) is 1.50. The number of carbonyl (C=O) groups excluding carboxylic acids is 1. The summed E-state index contributed by atoms with van der Waals surface area (Å²) in [4.78, 5) is 13.8. The van der Waals surface area contributed by atoms with Crippen LogP contribution in [0.5, 0.6) is 0 Å². The first kappa shape index (κ1) is 10.6. The highest BCUT2D eigenvalue weighted by atomic mass is 16.2. The van der Waals surface area contributed by atoms with E-state index in [0.717, 1.165) is 22.9 Å². The second-order valence-corrected chi connectivity index (χ2v) is 5.10. The van der Waals surface area contributed by atoms with E-state index in [1.807, 2.05) is 29.2 Å². The molecule has 0 saturated heterocycles. The van der Waals surface area contributed by atoms with Gasteiger partial charge in [0.05, 0.1) is 17.1 Å². The molecule has 0 spiro atoms. The molecule has 1 fully saturated rings. The molecule has 2 aromatic rings. The molecule has 19 heavy (non-hydrogen) atoms. The van der Waals surface area contributed by atoms with Gasteiger partial charge in [-0.1, -0.05) is 12.1 Å². The van der Waals surface area contributed by atoms with E-state index < -0.39 is 0 Å². The lowest BCUT2D eigenvalue weighted by Gasteiger charge is -2.29. The number of nitrogens with zero attached hydrogens (tertiary/aromatic N) is 2. The number of carbonyl (C=O) groups is 1. The van der Waals surface area contributed by atoms with Crippen molar-refractivity contribution >= 4 is 23.1 Å². The molecule has 2 aliphatic rings. The van der Waals surface area contributed by atoms with Gasteiger partial charge in [-0.2, -0.15) is 5.10 Å². The number of anilines is 3. The molecule has 1 amide bonds. The number of amides is 1. The summed E-state index contributed by atoms with van der Waals surface area (Å²) in [5.41, 5.74) is 2.97. The zero-order chi connectivity index (χ0) is 12.8. The van der Waals surface area contributed by atoms with Crippen molar-refractivity contribution in [1.82, 2.24) is 10.2 Å². The van der Waals surface area contributed by atoms with E-state index in [0.29, 0.717) is 12.5 Å². The molecule has 1 aliphatic heterocycles. The Bertz CT molecular complexity index is 644. The van der Waals surface area contributed by atoms with Crippen molar-refractivity contribution in [2.24, 2.45) is 0 Å². The minimum Gasteiger partial charge on any atom is -0.323 e. The number of aromatic amines is 1. The number of hydrogen-bond donors (Lipinski definition) is 2. The normalized spacial score (nSPS) is 18.1. The van der Waals surface area contributed by atoms with Gasteiger partial charge in [0, 0.05) is 12.0 Å². The molecule has 96 valence electrons. The maximum atomic E-state index is 11.8. The highest BCUT2D eigenvalue weighted by Crippen LogP contribution is 2.41. The van der Waals surface area contributed by atoms with Crippen molar-refractivity contribution in [2.45, 2.75) is 18.8 Å². The SMILES string of the molecule is O=C1CN(c2cc(C3CC3)n[nH]2)c2ccccc2N1. The van der Waals surface area contributed by atoms with Crippen molar-refractivity contribution in [2.75, 3.05) is 16.8 Å². The highest BCUT2D eigenvalue weighted by Gasteiger charge is 2.29. The van der Waals surface area contributed by atoms with Crippen LogP contribution in [-0.2, 0) is 4.79 Å². The lowest BCUT2D eigenvalue weighted by Crippen LogP contribution is -2.35. The summed E-state index contributed by atoms with van der Waals surface area (Å²) in [7, 11) is 0. The fraction of sp³-hybridized carbons (Fsp3) is 0.286. The summed E-state index contributed by atoms with van der Waals surface area (Å²) in [6.07, 6.45) is 2.45. The Morgan fingerprint density at radius 2 is 2.11 bits per heavy atom. The van der Waals surface area contributed by atoms with E-state index in [-0.39, 0.29) is 5.91 Å². The average molecular weight is 254 g/mol. The van der Waals surface area contributed by atoms with E-state index in [2.05, 4.69) is 21.6 Å². The number of rotatable bonds is 2. The maximum absolute atomic E-state index is 11.8. The molecule has 0 unspecified atom stereocenters. The fourth-order valence-electron chi connectivity index (χ4n) is 2.50. The first-order valence-electron chi connectivity index (χ1n) is 6.53. The van der Waals surface area contributed by atoms with Crippen LogP contribution in [0.1, 0.15) is 24.5 Å². The zero-order valence-corrected chi connectivity index (χ0v) is 10.4. The van der Waals surface area contributed by atoms with Crippen molar-refractivity contribution in [3.8, 4) is 0 Å². The summed E-state index contributed by atoms with van der Waals surface area (Å²) >= 11 is 0. The van der Waals surface area contributed by atoms with E-state index >= 15 is 0 Å². The Labute approximate surface area is 110 Å². The third kappa shape index (κ3) is 1.78. The van der Waals surface area contributed by atoms with E-state index in [4.69, 9.17) is 0 Å². The van der Waals surface area contributed by atoms with Crippen molar-refractivity contribution in [3.63, 3.8) is 0 Å². The summed E-state index contributed by atoms with van der Waals surface area (Å²) < 4.78 is 0. The third-order valence-electron chi connectivity index (χ3n) is 3.64. The van der Waals surface area contributed by atoms with Gasteiger partial charge < -0.3 is 10.2 Å². The quantitative estimate of drug-likeness (QED) is 0.865. The molecule has 0 bridgehead atoms. The van der Waals surface area contributed by atoms with Gasteiger partial charge in [0.2, 0.25) is 5.91 Å². The topological polar surface area (TPSA) is 61.0 Å². The largest absolute Gasteiger partial charge is 0.323 e. The minimum atomic E-state index is 0.00118. The third-order valence-corrected chi connectivity index (χ3v) is 3.64. The minimum absolute atomic E-state index is 0.00118. The Kier molecular flexibility index (Phi) is 2.15. The van der Waals surface area contributed by atoms with Gasteiger partial charge in [-0.3, -0.25) is 9.89 Å². The molecule has 5 nitrogen and oxygen atoms in total. The molecule has 4 rings (SSSR count). The van der Waals surface area contributed by atoms with Gasteiger partial charge in [0.15, 0.2) is 0 Å².